The minimum atomic E-state index is -1.01. The summed E-state index contributed by atoms with van der Waals surface area (Å²) in [5.41, 5.74) is 3.25. The van der Waals surface area contributed by atoms with Crippen molar-refractivity contribution >= 4 is 28.9 Å². The second-order valence-corrected chi connectivity index (χ2v) is 6.33. The first-order chi connectivity index (χ1) is 10.3. The number of thiazole rings is 1. The molecule has 0 spiro atoms. The molecule has 1 aromatic carbocycles. The molecule has 0 saturated carbocycles. The molecule has 1 amide bonds. The van der Waals surface area contributed by atoms with Crippen LogP contribution < -0.4 is 5.32 Å². The maximum atomic E-state index is 12.4. The van der Waals surface area contributed by atoms with Gasteiger partial charge < -0.3 is 10.4 Å². The van der Waals surface area contributed by atoms with Gasteiger partial charge in [0.25, 0.3) is 0 Å². The van der Waals surface area contributed by atoms with Crippen LogP contribution in [-0.4, -0.2) is 22.0 Å². The van der Waals surface area contributed by atoms with Crippen LogP contribution in [0.15, 0.2) is 18.2 Å². The van der Waals surface area contributed by atoms with Crippen molar-refractivity contribution in [2.24, 2.45) is 0 Å². The van der Waals surface area contributed by atoms with E-state index in [9.17, 15) is 9.59 Å². The highest BCUT2D eigenvalue weighted by atomic mass is 32.1. The van der Waals surface area contributed by atoms with Crippen LogP contribution in [0.25, 0.3) is 0 Å². The Hall–Kier alpha value is -2.21. The van der Waals surface area contributed by atoms with Crippen molar-refractivity contribution in [2.75, 3.05) is 5.32 Å². The predicted octanol–water partition coefficient (Wildman–Crippen LogP) is 3.51. The molecule has 0 fully saturated rings. The maximum absolute atomic E-state index is 12.4. The predicted molar refractivity (Wildman–Crippen MR) is 86.8 cm³/mol. The summed E-state index contributed by atoms with van der Waals surface area (Å²) in [6.07, 6.45) is 0. The van der Waals surface area contributed by atoms with Gasteiger partial charge >= 0.3 is 5.97 Å². The van der Waals surface area contributed by atoms with E-state index in [0.29, 0.717) is 10.7 Å². The lowest BCUT2D eigenvalue weighted by Crippen LogP contribution is -2.19. The van der Waals surface area contributed by atoms with Crippen LogP contribution >= 0.6 is 11.3 Å². The number of benzene rings is 1. The summed E-state index contributed by atoms with van der Waals surface area (Å²) in [4.78, 5) is 27.8. The summed E-state index contributed by atoms with van der Waals surface area (Å²) in [7, 11) is 0. The number of aromatic nitrogens is 1. The SMILES string of the molecule is Cc1ccc(C)c(NC(=O)C(C)c2nc(C)c(C(=O)O)s2)c1. The zero-order chi connectivity index (χ0) is 16.4. The number of carboxylic acids is 1. The third kappa shape index (κ3) is 3.33. The Morgan fingerprint density at radius 2 is 1.95 bits per heavy atom. The van der Waals surface area contributed by atoms with Crippen LogP contribution in [0.2, 0.25) is 0 Å². The number of hydrogen-bond acceptors (Lipinski definition) is 4. The van der Waals surface area contributed by atoms with E-state index in [0.717, 1.165) is 28.2 Å². The molecular weight excluding hydrogens is 300 g/mol. The van der Waals surface area contributed by atoms with E-state index in [4.69, 9.17) is 5.11 Å². The molecule has 1 unspecified atom stereocenters. The molecule has 116 valence electrons. The molecule has 1 atom stereocenters. The number of amides is 1. The molecule has 1 aromatic heterocycles. The molecule has 0 saturated heterocycles. The van der Waals surface area contributed by atoms with Crippen LogP contribution in [0, 0.1) is 20.8 Å². The minimum absolute atomic E-state index is 0.182. The molecule has 0 aliphatic carbocycles. The molecule has 22 heavy (non-hydrogen) atoms. The van der Waals surface area contributed by atoms with Gasteiger partial charge in [-0.1, -0.05) is 12.1 Å². The number of aromatic carboxylic acids is 1. The van der Waals surface area contributed by atoms with Crippen molar-refractivity contribution in [3.8, 4) is 0 Å². The highest BCUT2D eigenvalue weighted by Gasteiger charge is 2.23. The van der Waals surface area contributed by atoms with E-state index in [1.807, 2.05) is 32.0 Å². The van der Waals surface area contributed by atoms with Gasteiger partial charge in [-0.25, -0.2) is 9.78 Å². The van der Waals surface area contributed by atoms with Crippen LogP contribution in [0.3, 0.4) is 0 Å². The summed E-state index contributed by atoms with van der Waals surface area (Å²) in [6, 6.07) is 5.85. The van der Waals surface area contributed by atoms with E-state index in [2.05, 4.69) is 10.3 Å². The van der Waals surface area contributed by atoms with Gasteiger partial charge in [0.05, 0.1) is 11.6 Å². The summed E-state index contributed by atoms with van der Waals surface area (Å²) in [5, 5.41) is 12.5. The van der Waals surface area contributed by atoms with Gasteiger partial charge in [0.1, 0.15) is 9.88 Å². The van der Waals surface area contributed by atoms with Gasteiger partial charge in [0, 0.05) is 5.69 Å². The molecule has 0 aliphatic heterocycles. The average Bonchev–Trinajstić information content (AvgIpc) is 2.84. The van der Waals surface area contributed by atoms with Gasteiger partial charge in [-0.2, -0.15) is 0 Å². The number of nitrogens with zero attached hydrogens (tertiary/aromatic N) is 1. The fourth-order valence-corrected chi connectivity index (χ4v) is 2.98. The summed E-state index contributed by atoms with van der Waals surface area (Å²) < 4.78 is 0. The Morgan fingerprint density at radius 1 is 1.27 bits per heavy atom. The number of rotatable bonds is 4. The van der Waals surface area contributed by atoms with Crippen molar-refractivity contribution in [2.45, 2.75) is 33.6 Å². The first-order valence-electron chi connectivity index (χ1n) is 6.88. The Bertz CT molecular complexity index is 737. The number of hydrogen-bond donors (Lipinski definition) is 2. The molecule has 2 N–H and O–H groups in total. The fraction of sp³-hybridized carbons (Fsp3) is 0.312. The molecule has 2 aromatic rings. The normalized spacial score (nSPS) is 12.0. The van der Waals surface area contributed by atoms with Crippen LogP contribution in [0.4, 0.5) is 5.69 Å². The lowest BCUT2D eigenvalue weighted by molar-refractivity contribution is -0.117. The van der Waals surface area contributed by atoms with Gasteiger partial charge in [-0.15, -0.1) is 11.3 Å². The molecule has 1 heterocycles. The minimum Gasteiger partial charge on any atom is -0.477 e. The molecule has 0 bridgehead atoms. The number of carbonyl (C=O) groups excluding carboxylic acids is 1. The van der Waals surface area contributed by atoms with Gasteiger partial charge in [0.15, 0.2) is 0 Å². The lowest BCUT2D eigenvalue weighted by Gasteiger charge is -2.12. The number of nitrogens with one attached hydrogen (secondary N) is 1. The van der Waals surface area contributed by atoms with Gasteiger partial charge in [-0.05, 0) is 44.9 Å². The second-order valence-electron chi connectivity index (χ2n) is 5.30. The zero-order valence-electron chi connectivity index (χ0n) is 12.9. The third-order valence-electron chi connectivity index (χ3n) is 3.42. The Balaban J connectivity index is 2.20. The molecule has 6 heteroatoms. The van der Waals surface area contributed by atoms with Gasteiger partial charge in [-0.3, -0.25) is 4.79 Å². The number of carbonyl (C=O) groups is 2. The Morgan fingerprint density at radius 3 is 2.55 bits per heavy atom. The van der Waals surface area contributed by atoms with Crippen LogP contribution in [0.5, 0.6) is 0 Å². The second kappa shape index (κ2) is 6.27. The molecule has 5 nitrogen and oxygen atoms in total. The molecule has 0 radical (unpaired) electrons. The summed E-state index contributed by atoms with van der Waals surface area (Å²) in [6.45, 7) is 7.25. The van der Waals surface area contributed by atoms with Crippen molar-refractivity contribution in [3.63, 3.8) is 0 Å². The van der Waals surface area contributed by atoms with E-state index >= 15 is 0 Å². The molecule has 2 rings (SSSR count). The fourth-order valence-electron chi connectivity index (χ4n) is 2.02. The monoisotopic (exact) mass is 318 g/mol. The topological polar surface area (TPSA) is 79.3 Å². The van der Waals surface area contributed by atoms with Crippen LogP contribution in [0.1, 0.15) is 44.3 Å². The Kier molecular flexibility index (Phi) is 4.61. The standard InChI is InChI=1S/C16H18N2O3S/c1-8-5-6-9(2)12(7-8)18-14(19)10(3)15-17-11(4)13(22-15)16(20)21/h5-7,10H,1-4H3,(H,18,19)(H,20,21). The quantitative estimate of drug-likeness (QED) is 0.904. The lowest BCUT2D eigenvalue weighted by atomic mass is 10.1. The van der Waals surface area contributed by atoms with Crippen molar-refractivity contribution in [3.05, 3.63) is 44.9 Å². The van der Waals surface area contributed by atoms with Crippen molar-refractivity contribution in [1.82, 2.24) is 4.98 Å². The molecular formula is C16H18N2O3S. The largest absolute Gasteiger partial charge is 0.477 e. The average molecular weight is 318 g/mol. The highest BCUT2D eigenvalue weighted by molar-refractivity contribution is 7.13. The van der Waals surface area contributed by atoms with Crippen molar-refractivity contribution < 1.29 is 14.7 Å². The summed E-state index contributed by atoms with van der Waals surface area (Å²) >= 11 is 1.05. The number of anilines is 1. The Labute approximate surface area is 133 Å². The van der Waals surface area contributed by atoms with E-state index in [1.54, 1.807) is 13.8 Å². The van der Waals surface area contributed by atoms with E-state index < -0.39 is 11.9 Å². The molecule has 0 aliphatic rings. The third-order valence-corrected chi connectivity index (χ3v) is 4.75. The van der Waals surface area contributed by atoms with E-state index in [-0.39, 0.29) is 10.8 Å². The first-order valence-corrected chi connectivity index (χ1v) is 7.70. The van der Waals surface area contributed by atoms with E-state index in [1.165, 1.54) is 0 Å². The van der Waals surface area contributed by atoms with Crippen molar-refractivity contribution in [1.29, 1.82) is 0 Å². The first kappa shape index (κ1) is 16.2. The smallest absolute Gasteiger partial charge is 0.347 e. The maximum Gasteiger partial charge on any atom is 0.347 e. The highest BCUT2D eigenvalue weighted by Crippen LogP contribution is 2.26. The number of aryl methyl sites for hydroxylation is 3. The zero-order valence-corrected chi connectivity index (χ0v) is 13.7. The van der Waals surface area contributed by atoms with Crippen LogP contribution in [-0.2, 0) is 4.79 Å². The summed E-state index contributed by atoms with van der Waals surface area (Å²) in [5.74, 6) is -1.71. The number of carboxylic acid groups (broad SMARTS) is 1. The van der Waals surface area contributed by atoms with Gasteiger partial charge in [0.2, 0.25) is 5.91 Å².